The lowest BCUT2D eigenvalue weighted by atomic mass is 10.1. The molecule has 1 unspecified atom stereocenters. The molecule has 0 bridgehead atoms. The Balaban J connectivity index is 2.25. The van der Waals surface area contributed by atoms with Crippen molar-refractivity contribution < 1.29 is 9.90 Å². The lowest BCUT2D eigenvalue weighted by Crippen LogP contribution is -2.31. The van der Waals surface area contributed by atoms with Gasteiger partial charge in [-0.2, -0.15) is 5.26 Å². The van der Waals surface area contributed by atoms with Crippen LogP contribution in [0.25, 0.3) is 0 Å². The molecule has 94 valence electrons. The summed E-state index contributed by atoms with van der Waals surface area (Å²) in [5.41, 5.74) is 1.33. The first kappa shape index (κ1) is 12.7. The first-order chi connectivity index (χ1) is 8.61. The third kappa shape index (κ3) is 2.57. The number of hydrogen-bond acceptors (Lipinski definition) is 3. The van der Waals surface area contributed by atoms with Gasteiger partial charge >= 0.3 is 5.97 Å². The van der Waals surface area contributed by atoms with E-state index in [-0.39, 0.29) is 12.5 Å². The highest BCUT2D eigenvalue weighted by Gasteiger charge is 2.28. The molecular weight excluding hydrogens is 252 g/mol. The van der Waals surface area contributed by atoms with Gasteiger partial charge in [-0.1, -0.05) is 11.6 Å². The van der Waals surface area contributed by atoms with E-state index in [0.717, 1.165) is 25.1 Å². The minimum atomic E-state index is -0.795. The first-order valence-electron chi connectivity index (χ1n) is 5.80. The van der Waals surface area contributed by atoms with Crippen molar-refractivity contribution >= 4 is 23.3 Å². The van der Waals surface area contributed by atoms with E-state index in [0.29, 0.717) is 10.6 Å². The number of anilines is 1. The average Bonchev–Trinajstić information content (AvgIpc) is 2.76. The molecule has 1 saturated heterocycles. The molecule has 0 saturated carbocycles. The van der Waals surface area contributed by atoms with Gasteiger partial charge in [-0.15, -0.1) is 0 Å². The highest BCUT2D eigenvalue weighted by molar-refractivity contribution is 6.33. The van der Waals surface area contributed by atoms with Crippen LogP contribution in [0.4, 0.5) is 5.69 Å². The maximum absolute atomic E-state index is 10.8. The van der Waals surface area contributed by atoms with Gasteiger partial charge in [-0.25, -0.2) is 0 Å². The zero-order valence-electron chi connectivity index (χ0n) is 9.77. The standard InChI is InChI=1S/C13H13ClN2O2/c14-11-6-9(8-15)3-4-12(11)16-5-1-2-10(16)7-13(17)18/h3-4,6,10H,1-2,5,7H2,(H,17,18). The second kappa shape index (κ2) is 5.28. The third-order valence-electron chi connectivity index (χ3n) is 3.17. The Hall–Kier alpha value is -1.73. The molecule has 18 heavy (non-hydrogen) atoms. The second-order valence-corrected chi connectivity index (χ2v) is 4.77. The van der Waals surface area contributed by atoms with Crippen LogP contribution in [0.2, 0.25) is 5.02 Å². The van der Waals surface area contributed by atoms with Crippen molar-refractivity contribution in [1.29, 1.82) is 5.26 Å². The van der Waals surface area contributed by atoms with Gasteiger partial charge in [0.25, 0.3) is 0 Å². The van der Waals surface area contributed by atoms with Gasteiger partial charge in [0, 0.05) is 12.6 Å². The molecule has 0 amide bonds. The monoisotopic (exact) mass is 264 g/mol. The van der Waals surface area contributed by atoms with Gasteiger partial charge in [0.2, 0.25) is 0 Å². The summed E-state index contributed by atoms with van der Waals surface area (Å²) < 4.78 is 0. The Morgan fingerprint density at radius 2 is 2.39 bits per heavy atom. The fraction of sp³-hybridized carbons (Fsp3) is 0.385. The molecule has 1 aliphatic rings. The van der Waals surface area contributed by atoms with Crippen LogP contribution >= 0.6 is 11.6 Å². The number of rotatable bonds is 3. The highest BCUT2D eigenvalue weighted by Crippen LogP contribution is 2.33. The Bertz CT molecular complexity index is 510. The van der Waals surface area contributed by atoms with E-state index in [4.69, 9.17) is 22.0 Å². The molecule has 1 aliphatic heterocycles. The number of halogens is 1. The van der Waals surface area contributed by atoms with E-state index >= 15 is 0 Å². The molecule has 1 atom stereocenters. The van der Waals surface area contributed by atoms with Crippen LogP contribution in [0.15, 0.2) is 18.2 Å². The Labute approximate surface area is 110 Å². The maximum atomic E-state index is 10.8. The number of carboxylic acid groups (broad SMARTS) is 1. The Kier molecular flexibility index (Phi) is 3.73. The van der Waals surface area contributed by atoms with E-state index in [1.165, 1.54) is 0 Å². The van der Waals surface area contributed by atoms with Crippen molar-refractivity contribution in [2.75, 3.05) is 11.4 Å². The number of carboxylic acids is 1. The van der Waals surface area contributed by atoms with Gasteiger partial charge in [0.05, 0.1) is 28.8 Å². The number of carbonyl (C=O) groups is 1. The van der Waals surface area contributed by atoms with Crippen molar-refractivity contribution in [2.45, 2.75) is 25.3 Å². The van der Waals surface area contributed by atoms with Crippen molar-refractivity contribution in [3.05, 3.63) is 28.8 Å². The van der Waals surface area contributed by atoms with Crippen LogP contribution in [0, 0.1) is 11.3 Å². The number of benzene rings is 1. The smallest absolute Gasteiger partial charge is 0.305 e. The van der Waals surface area contributed by atoms with E-state index in [1.54, 1.807) is 18.2 Å². The second-order valence-electron chi connectivity index (χ2n) is 4.37. The van der Waals surface area contributed by atoms with Crippen LogP contribution in [-0.2, 0) is 4.79 Å². The van der Waals surface area contributed by atoms with E-state index in [2.05, 4.69) is 0 Å². The fourth-order valence-corrected chi connectivity index (χ4v) is 2.67. The molecule has 2 rings (SSSR count). The Morgan fingerprint density at radius 1 is 1.61 bits per heavy atom. The van der Waals surface area contributed by atoms with Crippen LogP contribution < -0.4 is 4.90 Å². The molecule has 0 spiro atoms. The van der Waals surface area contributed by atoms with Gasteiger partial charge in [-0.05, 0) is 31.0 Å². The van der Waals surface area contributed by atoms with E-state index < -0.39 is 5.97 Å². The van der Waals surface area contributed by atoms with Crippen molar-refractivity contribution in [2.24, 2.45) is 0 Å². The minimum absolute atomic E-state index is 0.00654. The van der Waals surface area contributed by atoms with Crippen LogP contribution in [0.3, 0.4) is 0 Å². The first-order valence-corrected chi connectivity index (χ1v) is 6.17. The topological polar surface area (TPSA) is 64.3 Å². The molecule has 1 fully saturated rings. The summed E-state index contributed by atoms with van der Waals surface area (Å²) in [7, 11) is 0. The number of nitriles is 1. The molecule has 5 heteroatoms. The molecule has 0 radical (unpaired) electrons. The minimum Gasteiger partial charge on any atom is -0.481 e. The molecule has 0 aliphatic carbocycles. The average molecular weight is 265 g/mol. The summed E-state index contributed by atoms with van der Waals surface area (Å²) in [5, 5.41) is 18.2. The van der Waals surface area contributed by atoms with E-state index in [1.807, 2.05) is 11.0 Å². The summed E-state index contributed by atoms with van der Waals surface area (Å²) in [6, 6.07) is 7.14. The predicted molar refractivity (Wildman–Crippen MR) is 68.8 cm³/mol. The van der Waals surface area contributed by atoms with Gasteiger partial charge in [0.15, 0.2) is 0 Å². The predicted octanol–water partition coefficient (Wildman–Crippen LogP) is 2.66. The lowest BCUT2D eigenvalue weighted by Gasteiger charge is -2.26. The zero-order valence-corrected chi connectivity index (χ0v) is 10.5. The maximum Gasteiger partial charge on any atom is 0.305 e. The zero-order chi connectivity index (χ0) is 13.1. The van der Waals surface area contributed by atoms with Crippen molar-refractivity contribution in [3.63, 3.8) is 0 Å². The SMILES string of the molecule is N#Cc1ccc(N2CCCC2CC(=O)O)c(Cl)c1. The molecule has 1 aromatic carbocycles. The molecule has 4 nitrogen and oxygen atoms in total. The third-order valence-corrected chi connectivity index (χ3v) is 3.48. The number of aliphatic carboxylic acids is 1. The van der Waals surface area contributed by atoms with Crippen LogP contribution in [-0.4, -0.2) is 23.7 Å². The van der Waals surface area contributed by atoms with Gasteiger partial charge in [0.1, 0.15) is 0 Å². The van der Waals surface area contributed by atoms with Gasteiger partial charge in [-0.3, -0.25) is 4.79 Å². The summed E-state index contributed by atoms with van der Waals surface area (Å²) in [4.78, 5) is 12.8. The highest BCUT2D eigenvalue weighted by atomic mass is 35.5. The number of hydrogen-bond donors (Lipinski definition) is 1. The molecule has 1 heterocycles. The summed E-state index contributed by atoms with van der Waals surface area (Å²) in [5.74, 6) is -0.795. The summed E-state index contributed by atoms with van der Waals surface area (Å²) in [6.45, 7) is 0.809. The van der Waals surface area contributed by atoms with Crippen molar-refractivity contribution in [1.82, 2.24) is 0 Å². The quantitative estimate of drug-likeness (QED) is 0.912. The lowest BCUT2D eigenvalue weighted by molar-refractivity contribution is -0.137. The fourth-order valence-electron chi connectivity index (χ4n) is 2.38. The van der Waals surface area contributed by atoms with Gasteiger partial charge < -0.3 is 10.0 Å². The summed E-state index contributed by atoms with van der Waals surface area (Å²) >= 11 is 6.15. The molecular formula is C13H13ClN2O2. The van der Waals surface area contributed by atoms with E-state index in [9.17, 15) is 4.79 Å². The molecule has 0 aromatic heterocycles. The number of nitrogens with zero attached hydrogens (tertiary/aromatic N) is 2. The normalized spacial score (nSPS) is 18.7. The van der Waals surface area contributed by atoms with Crippen LogP contribution in [0.1, 0.15) is 24.8 Å². The Morgan fingerprint density at radius 3 is 3.00 bits per heavy atom. The largest absolute Gasteiger partial charge is 0.481 e. The van der Waals surface area contributed by atoms with Crippen LogP contribution in [0.5, 0.6) is 0 Å². The summed E-state index contributed by atoms with van der Waals surface area (Å²) in [6.07, 6.45) is 1.95. The molecule has 1 N–H and O–H groups in total. The molecule has 1 aromatic rings. The van der Waals surface area contributed by atoms with Crippen molar-refractivity contribution in [3.8, 4) is 6.07 Å².